The Labute approximate surface area is 116 Å². The van der Waals surface area contributed by atoms with E-state index in [1.807, 2.05) is 0 Å². The number of hydrogen-bond acceptors (Lipinski definition) is 9. The van der Waals surface area contributed by atoms with Gasteiger partial charge in [-0.2, -0.15) is 9.97 Å². The van der Waals surface area contributed by atoms with Crippen LogP contribution in [-0.2, 0) is 0 Å². The van der Waals surface area contributed by atoms with Crippen LogP contribution in [0.3, 0.4) is 0 Å². The van der Waals surface area contributed by atoms with E-state index in [2.05, 4.69) is 29.9 Å². The van der Waals surface area contributed by atoms with Crippen LogP contribution in [0.2, 0.25) is 0 Å². The lowest BCUT2D eigenvalue weighted by Gasteiger charge is -2.06. The molecule has 104 valence electrons. The second-order valence-electron chi connectivity index (χ2n) is 4.10. The van der Waals surface area contributed by atoms with Crippen molar-refractivity contribution in [2.45, 2.75) is 0 Å². The number of rotatable bonds is 2. The van der Waals surface area contributed by atoms with Crippen LogP contribution in [0.5, 0.6) is 0 Å². The van der Waals surface area contributed by atoms with Crippen LogP contribution in [0.1, 0.15) is 0 Å². The Balaban J connectivity index is 1.82. The predicted molar refractivity (Wildman–Crippen MR) is 71.4 cm³/mol. The van der Waals surface area contributed by atoms with Gasteiger partial charge in [-0.25, -0.2) is 19.9 Å². The van der Waals surface area contributed by atoms with Crippen LogP contribution < -0.4 is 16.4 Å². The Morgan fingerprint density at radius 3 is 1.71 bits per heavy atom. The van der Waals surface area contributed by atoms with Gasteiger partial charge in [0.15, 0.2) is 0 Å². The van der Waals surface area contributed by atoms with Gasteiger partial charge in [0.1, 0.15) is 23.7 Å². The molecule has 0 atom stereocenters. The maximum Gasteiger partial charge on any atom is 0.222 e. The lowest BCUT2D eigenvalue weighted by molar-refractivity contribution is 0.0476. The van der Waals surface area contributed by atoms with E-state index < -0.39 is 0 Å². The molecule has 11 nitrogen and oxygen atoms in total. The molecule has 4 N–H and O–H groups in total. The molecule has 11 heteroatoms. The molecule has 0 amide bonds. The van der Waals surface area contributed by atoms with Crippen LogP contribution in [0.15, 0.2) is 25.0 Å². The van der Waals surface area contributed by atoms with Crippen molar-refractivity contribution in [3.63, 3.8) is 0 Å². The Morgan fingerprint density at radius 1 is 0.762 bits per heavy atom. The average Bonchev–Trinajstić information content (AvgIpc) is 3.04. The molecular weight excluding hydrogens is 276 g/mol. The highest BCUT2D eigenvalue weighted by Gasteiger charge is 2.11. The van der Waals surface area contributed by atoms with E-state index in [4.69, 9.17) is 16.4 Å². The molecule has 0 aromatic carbocycles. The Kier molecular flexibility index (Phi) is 2.16. The summed E-state index contributed by atoms with van der Waals surface area (Å²) in [5.74, 6) is 0.241. The first-order chi connectivity index (χ1) is 10.2. The van der Waals surface area contributed by atoms with Gasteiger partial charge in [0.2, 0.25) is 23.2 Å². The summed E-state index contributed by atoms with van der Waals surface area (Å²) >= 11 is 0. The number of aromatic nitrogens is 8. The summed E-state index contributed by atoms with van der Waals surface area (Å²) in [6.07, 6.45) is 5.89. The molecule has 4 heterocycles. The Morgan fingerprint density at radius 2 is 1.24 bits per heavy atom. The predicted octanol–water partition coefficient (Wildman–Crippen LogP) is -0.978. The minimum absolute atomic E-state index is 0.120. The van der Waals surface area contributed by atoms with Crippen LogP contribution in [-0.4, -0.2) is 39.4 Å². The molecule has 0 spiro atoms. The molecule has 0 aliphatic carbocycles. The van der Waals surface area contributed by atoms with Crippen molar-refractivity contribution in [2.24, 2.45) is 0 Å². The van der Waals surface area contributed by atoms with Gasteiger partial charge in [0.05, 0.1) is 12.4 Å². The zero-order valence-electron chi connectivity index (χ0n) is 10.5. The van der Waals surface area contributed by atoms with Crippen molar-refractivity contribution in [1.82, 2.24) is 39.4 Å². The van der Waals surface area contributed by atoms with Crippen molar-refractivity contribution < 1.29 is 4.94 Å². The Bertz CT molecular complexity index is 879. The molecule has 4 aromatic heterocycles. The molecule has 0 unspecified atom stereocenters. The van der Waals surface area contributed by atoms with Gasteiger partial charge in [-0.3, -0.25) is 4.94 Å². The molecule has 21 heavy (non-hydrogen) atoms. The maximum absolute atomic E-state index is 5.61. The van der Waals surface area contributed by atoms with Gasteiger partial charge in [-0.1, -0.05) is 0 Å². The Hall–Kier alpha value is -3.50. The summed E-state index contributed by atoms with van der Waals surface area (Å²) in [7, 11) is 0. The van der Waals surface area contributed by atoms with E-state index in [1.165, 1.54) is 34.5 Å². The third-order valence-corrected chi connectivity index (χ3v) is 2.73. The molecule has 4 aromatic rings. The molecule has 0 fully saturated rings. The zero-order valence-corrected chi connectivity index (χ0v) is 10.5. The van der Waals surface area contributed by atoms with Gasteiger partial charge < -0.3 is 11.5 Å². The summed E-state index contributed by atoms with van der Waals surface area (Å²) in [4.78, 5) is 29.7. The first kappa shape index (κ1) is 11.3. The number of anilines is 2. The van der Waals surface area contributed by atoms with Crippen molar-refractivity contribution in [3.8, 4) is 0 Å². The van der Waals surface area contributed by atoms with Crippen LogP contribution in [0.4, 0.5) is 11.9 Å². The third-order valence-electron chi connectivity index (χ3n) is 2.73. The fraction of sp³-hybridized carbons (Fsp3) is 0. The minimum atomic E-state index is 0.120. The summed E-state index contributed by atoms with van der Waals surface area (Å²) in [5, 5.41) is 0. The second kappa shape index (κ2) is 4.00. The van der Waals surface area contributed by atoms with Gasteiger partial charge in [0.25, 0.3) is 0 Å². The largest absolute Gasteiger partial charge is 0.368 e. The van der Waals surface area contributed by atoms with Crippen molar-refractivity contribution >= 4 is 34.2 Å². The molecule has 0 saturated carbocycles. The van der Waals surface area contributed by atoms with Gasteiger partial charge in [-0.05, 0) is 0 Å². The molecule has 0 bridgehead atoms. The van der Waals surface area contributed by atoms with E-state index in [0.717, 1.165) is 0 Å². The third kappa shape index (κ3) is 1.75. The van der Waals surface area contributed by atoms with Crippen molar-refractivity contribution in [1.29, 1.82) is 0 Å². The number of nitrogens with two attached hydrogens (primary N) is 2. The number of fused-ring (bicyclic) bond motifs is 2. The standard InChI is InChI=1S/C10H8N10O/c11-9-13-1-5-7(17-9)19(3-15-5)21-20-4-16-6-2-14-10(12)18-8(6)20/h1-4H,(H2,11,13,17)(H2,12,14,18). The highest BCUT2D eigenvalue weighted by atomic mass is 16.8. The summed E-state index contributed by atoms with van der Waals surface area (Å²) in [6.45, 7) is 0. The number of hydrogen-bond donors (Lipinski definition) is 2. The number of nitrogen functional groups attached to an aromatic ring is 2. The number of nitrogens with zero attached hydrogens (tertiary/aromatic N) is 8. The lowest BCUT2D eigenvalue weighted by Crippen LogP contribution is -2.17. The van der Waals surface area contributed by atoms with E-state index in [9.17, 15) is 0 Å². The van der Waals surface area contributed by atoms with Crippen LogP contribution in [0, 0.1) is 0 Å². The molecule has 4 rings (SSSR count). The van der Waals surface area contributed by atoms with Crippen LogP contribution >= 0.6 is 0 Å². The van der Waals surface area contributed by atoms with Gasteiger partial charge in [-0.15, -0.1) is 9.46 Å². The summed E-state index contributed by atoms with van der Waals surface area (Å²) in [6, 6.07) is 0. The van der Waals surface area contributed by atoms with Crippen molar-refractivity contribution in [2.75, 3.05) is 11.5 Å². The fourth-order valence-electron chi connectivity index (χ4n) is 1.82. The fourth-order valence-corrected chi connectivity index (χ4v) is 1.82. The smallest absolute Gasteiger partial charge is 0.222 e. The first-order valence-electron chi connectivity index (χ1n) is 5.81. The highest BCUT2D eigenvalue weighted by Crippen LogP contribution is 2.11. The topological polar surface area (TPSA) is 148 Å². The zero-order chi connectivity index (χ0) is 14.4. The highest BCUT2D eigenvalue weighted by molar-refractivity contribution is 5.71. The summed E-state index contributed by atoms with van der Waals surface area (Å²) < 4.78 is 2.65. The van der Waals surface area contributed by atoms with E-state index in [-0.39, 0.29) is 11.9 Å². The first-order valence-corrected chi connectivity index (χ1v) is 5.81. The van der Waals surface area contributed by atoms with Crippen molar-refractivity contribution in [3.05, 3.63) is 25.0 Å². The summed E-state index contributed by atoms with van der Waals surface area (Å²) in [5.41, 5.74) is 13.1. The van der Waals surface area contributed by atoms with Gasteiger partial charge >= 0.3 is 0 Å². The molecule has 0 aliphatic rings. The van der Waals surface area contributed by atoms with E-state index in [0.29, 0.717) is 22.3 Å². The molecule has 0 radical (unpaired) electrons. The lowest BCUT2D eigenvalue weighted by atomic mass is 10.6. The molecular formula is C10H8N10O. The average molecular weight is 284 g/mol. The minimum Gasteiger partial charge on any atom is -0.368 e. The molecule has 0 saturated heterocycles. The maximum atomic E-state index is 5.61. The SMILES string of the molecule is Nc1ncc2ncn(On3cnc4cnc(N)nc43)c2n1. The molecule has 0 aliphatic heterocycles. The van der Waals surface area contributed by atoms with Crippen LogP contribution in [0.25, 0.3) is 22.3 Å². The van der Waals surface area contributed by atoms with E-state index in [1.54, 1.807) is 0 Å². The van der Waals surface area contributed by atoms with E-state index >= 15 is 0 Å². The number of imidazole rings is 2. The quantitative estimate of drug-likeness (QED) is 0.473. The second-order valence-corrected chi connectivity index (χ2v) is 4.10. The monoisotopic (exact) mass is 284 g/mol. The van der Waals surface area contributed by atoms with Gasteiger partial charge in [0, 0.05) is 0 Å². The normalized spacial score (nSPS) is 11.2.